The molecule has 3 nitrogen and oxygen atoms in total. The molecular formula is C26H53N3. The predicted molar refractivity (Wildman–Crippen MR) is 134 cm³/mol. The van der Waals surface area contributed by atoms with Crippen LogP contribution in [0, 0.1) is 5.92 Å². The first-order valence-corrected chi connectivity index (χ1v) is 12.3. The molecule has 0 saturated carbocycles. The zero-order chi connectivity index (χ0) is 22.3. The normalized spacial score (nSPS) is 13.0. The molecule has 172 valence electrons. The van der Waals surface area contributed by atoms with E-state index in [9.17, 15) is 0 Å². The van der Waals surface area contributed by atoms with Crippen LogP contribution in [0.25, 0.3) is 0 Å². The maximum absolute atomic E-state index is 4.34. The van der Waals surface area contributed by atoms with Crippen molar-refractivity contribution in [2.75, 3.05) is 13.1 Å². The van der Waals surface area contributed by atoms with Crippen molar-refractivity contribution < 1.29 is 0 Å². The lowest BCUT2D eigenvalue weighted by atomic mass is 9.95. The zero-order valence-electron chi connectivity index (χ0n) is 20.7. The third-order valence-corrected chi connectivity index (χ3v) is 5.14. The summed E-state index contributed by atoms with van der Waals surface area (Å²) >= 11 is 0. The summed E-state index contributed by atoms with van der Waals surface area (Å²) in [4.78, 5) is 0. The van der Waals surface area contributed by atoms with Gasteiger partial charge in [0, 0.05) is 24.5 Å². The van der Waals surface area contributed by atoms with Gasteiger partial charge >= 0.3 is 0 Å². The molecule has 29 heavy (non-hydrogen) atoms. The topological polar surface area (TPSA) is 36.1 Å². The second kappa shape index (κ2) is 22.9. The molecule has 2 atom stereocenters. The van der Waals surface area contributed by atoms with E-state index in [-0.39, 0.29) is 0 Å². The predicted octanol–water partition coefficient (Wildman–Crippen LogP) is 7.29. The minimum absolute atomic E-state index is 0.375. The molecule has 0 radical (unpaired) electrons. The lowest BCUT2D eigenvalue weighted by molar-refractivity contribution is 0.455. The van der Waals surface area contributed by atoms with Gasteiger partial charge in [-0.1, -0.05) is 86.5 Å². The van der Waals surface area contributed by atoms with Crippen molar-refractivity contribution in [1.82, 2.24) is 16.0 Å². The van der Waals surface area contributed by atoms with Gasteiger partial charge in [0.25, 0.3) is 0 Å². The molecule has 0 aliphatic carbocycles. The molecule has 0 bridgehead atoms. The largest absolute Gasteiger partial charge is 0.391 e. The van der Waals surface area contributed by atoms with Gasteiger partial charge in [0.15, 0.2) is 0 Å². The molecule has 0 aliphatic rings. The Bertz CT molecular complexity index is 401. The number of hydrogen-bond donors (Lipinski definition) is 3. The first kappa shape index (κ1) is 29.8. The van der Waals surface area contributed by atoms with Crippen molar-refractivity contribution >= 4 is 0 Å². The van der Waals surface area contributed by atoms with E-state index in [1.807, 2.05) is 0 Å². The van der Waals surface area contributed by atoms with Crippen LogP contribution in [0.4, 0.5) is 0 Å². The fourth-order valence-electron chi connectivity index (χ4n) is 3.16. The Kier molecular flexibility index (Phi) is 23.6. The van der Waals surface area contributed by atoms with Crippen LogP contribution in [0.15, 0.2) is 36.8 Å². The van der Waals surface area contributed by atoms with Crippen LogP contribution >= 0.6 is 0 Å². The van der Waals surface area contributed by atoms with Crippen LogP contribution < -0.4 is 16.0 Å². The SMILES string of the molecule is C=C(NC(CC)/C(=C\CC)NCCCC)C(CC)CCCC.C=CNCCCC. The highest BCUT2D eigenvalue weighted by Gasteiger charge is 2.16. The van der Waals surface area contributed by atoms with Crippen LogP contribution in [0.2, 0.25) is 0 Å². The van der Waals surface area contributed by atoms with Gasteiger partial charge in [-0.15, -0.1) is 0 Å². The fraction of sp³-hybridized carbons (Fsp3) is 0.769. The summed E-state index contributed by atoms with van der Waals surface area (Å²) in [5, 5.41) is 10.4. The van der Waals surface area contributed by atoms with Crippen molar-refractivity contribution in [1.29, 1.82) is 0 Å². The number of hydrogen-bond acceptors (Lipinski definition) is 3. The minimum atomic E-state index is 0.375. The fourth-order valence-corrected chi connectivity index (χ4v) is 3.16. The maximum Gasteiger partial charge on any atom is 0.0650 e. The Hall–Kier alpha value is -1.38. The molecule has 0 aromatic rings. The molecule has 3 heteroatoms. The quantitative estimate of drug-likeness (QED) is 0.209. The van der Waals surface area contributed by atoms with Gasteiger partial charge in [0.05, 0.1) is 6.04 Å². The Morgan fingerprint density at radius 1 is 0.862 bits per heavy atom. The Morgan fingerprint density at radius 2 is 1.48 bits per heavy atom. The summed E-state index contributed by atoms with van der Waals surface area (Å²) in [6.07, 6.45) is 16.2. The summed E-state index contributed by atoms with van der Waals surface area (Å²) < 4.78 is 0. The van der Waals surface area contributed by atoms with E-state index < -0.39 is 0 Å². The molecule has 0 aromatic carbocycles. The second-order valence-corrected chi connectivity index (χ2v) is 7.74. The van der Waals surface area contributed by atoms with Gasteiger partial charge in [-0.2, -0.15) is 0 Å². The van der Waals surface area contributed by atoms with E-state index in [2.05, 4.69) is 76.7 Å². The van der Waals surface area contributed by atoms with Crippen molar-refractivity contribution in [3.63, 3.8) is 0 Å². The number of unbranched alkanes of at least 4 members (excludes halogenated alkanes) is 3. The van der Waals surface area contributed by atoms with Crippen molar-refractivity contribution in [2.24, 2.45) is 5.92 Å². The van der Waals surface area contributed by atoms with E-state index in [0.717, 1.165) is 25.9 Å². The number of rotatable bonds is 18. The molecule has 0 fully saturated rings. The molecule has 2 unspecified atom stereocenters. The summed E-state index contributed by atoms with van der Waals surface area (Å²) in [6.45, 7) is 23.4. The van der Waals surface area contributed by atoms with Crippen LogP contribution in [-0.2, 0) is 0 Å². The van der Waals surface area contributed by atoms with E-state index in [1.165, 1.54) is 62.8 Å². The summed E-state index contributed by atoms with van der Waals surface area (Å²) in [5.41, 5.74) is 2.58. The van der Waals surface area contributed by atoms with E-state index in [0.29, 0.717) is 12.0 Å². The van der Waals surface area contributed by atoms with Gasteiger partial charge in [-0.3, -0.25) is 0 Å². The molecule has 0 heterocycles. The average Bonchev–Trinajstić information content (AvgIpc) is 2.73. The van der Waals surface area contributed by atoms with Gasteiger partial charge < -0.3 is 16.0 Å². The summed E-state index contributed by atoms with van der Waals surface area (Å²) in [6, 6.07) is 0.375. The van der Waals surface area contributed by atoms with Crippen LogP contribution in [-0.4, -0.2) is 19.1 Å². The third-order valence-electron chi connectivity index (χ3n) is 5.14. The lowest BCUT2D eigenvalue weighted by Crippen LogP contribution is -2.37. The minimum Gasteiger partial charge on any atom is -0.391 e. The molecule has 0 spiro atoms. The van der Waals surface area contributed by atoms with E-state index >= 15 is 0 Å². The van der Waals surface area contributed by atoms with Crippen molar-refractivity contribution in [3.05, 3.63) is 36.8 Å². The summed E-state index contributed by atoms with van der Waals surface area (Å²) in [5.74, 6) is 0.604. The Labute approximate surface area is 183 Å². The molecule has 0 amide bonds. The van der Waals surface area contributed by atoms with Gasteiger partial charge in [-0.25, -0.2) is 0 Å². The van der Waals surface area contributed by atoms with Gasteiger partial charge in [-0.05, 0) is 50.6 Å². The Morgan fingerprint density at radius 3 is 1.97 bits per heavy atom. The van der Waals surface area contributed by atoms with Crippen LogP contribution in [0.1, 0.15) is 106 Å². The lowest BCUT2D eigenvalue weighted by Gasteiger charge is -2.28. The smallest absolute Gasteiger partial charge is 0.0650 e. The summed E-state index contributed by atoms with van der Waals surface area (Å²) in [7, 11) is 0. The van der Waals surface area contributed by atoms with E-state index in [1.54, 1.807) is 6.20 Å². The highest BCUT2D eigenvalue weighted by Crippen LogP contribution is 2.20. The highest BCUT2D eigenvalue weighted by molar-refractivity contribution is 5.13. The molecule has 3 N–H and O–H groups in total. The second-order valence-electron chi connectivity index (χ2n) is 7.74. The molecular weight excluding hydrogens is 354 g/mol. The van der Waals surface area contributed by atoms with Crippen molar-refractivity contribution in [3.8, 4) is 0 Å². The molecule has 0 saturated heterocycles. The molecule has 0 aromatic heterocycles. The monoisotopic (exact) mass is 407 g/mol. The number of nitrogens with one attached hydrogen (secondary N) is 3. The third kappa shape index (κ3) is 17.2. The highest BCUT2D eigenvalue weighted by atomic mass is 15.0. The molecule has 0 rings (SSSR count). The first-order chi connectivity index (χ1) is 14.1. The maximum atomic E-state index is 4.34. The van der Waals surface area contributed by atoms with E-state index in [4.69, 9.17) is 0 Å². The number of allylic oxidation sites excluding steroid dienone is 2. The zero-order valence-corrected chi connectivity index (χ0v) is 20.7. The van der Waals surface area contributed by atoms with Gasteiger partial charge in [0.2, 0.25) is 0 Å². The van der Waals surface area contributed by atoms with Gasteiger partial charge in [0.1, 0.15) is 0 Å². The molecule has 0 aliphatic heterocycles. The first-order valence-electron chi connectivity index (χ1n) is 12.3. The van der Waals surface area contributed by atoms with Crippen LogP contribution in [0.5, 0.6) is 0 Å². The average molecular weight is 408 g/mol. The van der Waals surface area contributed by atoms with Crippen LogP contribution in [0.3, 0.4) is 0 Å². The van der Waals surface area contributed by atoms with Crippen molar-refractivity contribution in [2.45, 2.75) is 112 Å². The standard InChI is InChI=1S/C20H40N2.C6H13N/c1-7-12-15-18(10-4)17(6)22-19(11-5)20(14-9-3)21-16-13-8-2;1-3-5-6-7-4-2/h14,18-19,21-22H,6-13,15-16H2,1-5H3;4,7H,2-3,5-6H2,1H3/b20-14+;. The Balaban J connectivity index is 0.